The summed E-state index contributed by atoms with van der Waals surface area (Å²) in [6, 6.07) is 8.57. The molecule has 0 radical (unpaired) electrons. The van der Waals surface area contributed by atoms with Crippen molar-refractivity contribution in [3.63, 3.8) is 0 Å². The summed E-state index contributed by atoms with van der Waals surface area (Å²) in [5.41, 5.74) is 3.85. The molecule has 8 nitrogen and oxygen atoms in total. The van der Waals surface area contributed by atoms with E-state index >= 15 is 0 Å². The van der Waals surface area contributed by atoms with Crippen LogP contribution in [0.5, 0.6) is 0 Å². The van der Waals surface area contributed by atoms with Crippen LogP contribution in [0, 0.1) is 13.8 Å². The van der Waals surface area contributed by atoms with Gasteiger partial charge in [0, 0.05) is 36.1 Å². The van der Waals surface area contributed by atoms with Crippen LogP contribution in [0.4, 0.5) is 18.9 Å². The number of hydrogen-bond donors (Lipinski definition) is 1. The molecule has 0 saturated heterocycles. The molecule has 0 fully saturated rings. The number of nitrogens with one attached hydrogen (secondary N) is 1. The minimum Gasteiger partial charge on any atom is -0.322 e. The summed E-state index contributed by atoms with van der Waals surface area (Å²) in [7, 11) is 5.36. The molecular formula is C25H26F3N7O. The Morgan fingerprint density at radius 2 is 1.86 bits per heavy atom. The molecule has 2 aromatic heterocycles. The number of nitrogens with zero attached hydrogens (tertiary/aromatic N) is 6. The Kier molecular flexibility index (Phi) is 6.68. The normalized spacial score (nSPS) is 11.8. The molecule has 1 amide bonds. The fourth-order valence-corrected chi connectivity index (χ4v) is 3.84. The molecular weight excluding hydrogens is 471 g/mol. The summed E-state index contributed by atoms with van der Waals surface area (Å²) >= 11 is 0. The molecule has 0 aliphatic rings. The Labute approximate surface area is 206 Å². The number of aromatic nitrogens is 5. The van der Waals surface area contributed by atoms with Crippen molar-refractivity contribution in [2.24, 2.45) is 7.05 Å². The SMILES string of the molecule is Cc1ccc(C(=O)Nc2cc(CN(C)C)cc(C(F)(F)F)c2)cc1-n1cc(-c2cnn(C)c2C)nn1. The van der Waals surface area contributed by atoms with Gasteiger partial charge in [-0.25, -0.2) is 4.68 Å². The van der Waals surface area contributed by atoms with Gasteiger partial charge in [-0.05, 0) is 69.4 Å². The van der Waals surface area contributed by atoms with E-state index in [1.54, 1.807) is 65.0 Å². The largest absolute Gasteiger partial charge is 0.416 e. The number of alkyl halides is 3. The van der Waals surface area contributed by atoms with Crippen molar-refractivity contribution in [1.82, 2.24) is 29.7 Å². The lowest BCUT2D eigenvalue weighted by molar-refractivity contribution is -0.137. The zero-order chi connectivity index (χ0) is 26.2. The lowest BCUT2D eigenvalue weighted by atomic mass is 10.1. The maximum atomic E-state index is 13.4. The Morgan fingerprint density at radius 3 is 2.50 bits per heavy atom. The molecule has 2 heterocycles. The van der Waals surface area contributed by atoms with E-state index in [9.17, 15) is 18.0 Å². The highest BCUT2D eigenvalue weighted by Gasteiger charge is 2.31. The van der Waals surface area contributed by atoms with E-state index in [0.717, 1.165) is 29.0 Å². The predicted molar refractivity (Wildman–Crippen MR) is 130 cm³/mol. The molecule has 0 unspecified atom stereocenters. The van der Waals surface area contributed by atoms with Crippen LogP contribution < -0.4 is 5.32 Å². The van der Waals surface area contributed by atoms with Gasteiger partial charge in [0.1, 0.15) is 5.69 Å². The number of aryl methyl sites for hydroxylation is 2. The van der Waals surface area contributed by atoms with Crippen LogP contribution in [0.3, 0.4) is 0 Å². The minimum absolute atomic E-state index is 0.0731. The smallest absolute Gasteiger partial charge is 0.322 e. The number of carbonyl (C=O) groups excluding carboxylic acids is 1. The zero-order valence-electron chi connectivity index (χ0n) is 20.6. The second-order valence-corrected chi connectivity index (χ2v) is 8.93. The van der Waals surface area contributed by atoms with Crippen LogP contribution >= 0.6 is 0 Å². The first-order valence-corrected chi connectivity index (χ1v) is 11.1. The van der Waals surface area contributed by atoms with Crippen LogP contribution in [-0.2, 0) is 19.8 Å². The third-order valence-corrected chi connectivity index (χ3v) is 5.80. The molecule has 36 heavy (non-hydrogen) atoms. The van der Waals surface area contributed by atoms with Gasteiger partial charge in [0.2, 0.25) is 0 Å². The van der Waals surface area contributed by atoms with Gasteiger partial charge >= 0.3 is 6.18 Å². The minimum atomic E-state index is -4.53. The lowest BCUT2D eigenvalue weighted by Gasteiger charge is -2.16. The second-order valence-electron chi connectivity index (χ2n) is 8.93. The summed E-state index contributed by atoms with van der Waals surface area (Å²) in [6.45, 7) is 4.09. The zero-order valence-corrected chi connectivity index (χ0v) is 20.6. The third-order valence-electron chi connectivity index (χ3n) is 5.80. The standard InChI is InChI=1S/C25H26F3N7O/c1-15-6-7-18(10-23(15)35-14-22(31-32-35)21-12-29-34(5)16(21)2)24(36)30-20-9-17(13-33(3)4)8-19(11-20)25(26,27)28/h6-12,14H,13H2,1-5H3,(H,30,36). The van der Waals surface area contributed by atoms with E-state index in [1.165, 1.54) is 0 Å². The highest BCUT2D eigenvalue weighted by molar-refractivity contribution is 6.04. The Balaban J connectivity index is 1.63. The van der Waals surface area contributed by atoms with Gasteiger partial charge in [0.15, 0.2) is 0 Å². The molecule has 0 atom stereocenters. The summed E-state index contributed by atoms with van der Waals surface area (Å²) in [5, 5.41) is 15.3. The van der Waals surface area contributed by atoms with Crippen molar-refractivity contribution in [1.29, 1.82) is 0 Å². The van der Waals surface area contributed by atoms with Crippen LogP contribution in [0.2, 0.25) is 0 Å². The van der Waals surface area contributed by atoms with Crippen LogP contribution in [0.25, 0.3) is 16.9 Å². The van der Waals surface area contributed by atoms with Gasteiger partial charge in [-0.3, -0.25) is 9.48 Å². The Morgan fingerprint density at radius 1 is 1.11 bits per heavy atom. The molecule has 4 aromatic rings. The number of benzene rings is 2. The van der Waals surface area contributed by atoms with Crippen LogP contribution in [-0.4, -0.2) is 49.7 Å². The number of anilines is 1. The number of carbonyl (C=O) groups is 1. The Hall–Kier alpha value is -3.99. The average molecular weight is 498 g/mol. The first-order valence-electron chi connectivity index (χ1n) is 11.1. The number of halogens is 3. The van der Waals surface area contributed by atoms with Crippen LogP contribution in [0.15, 0.2) is 48.8 Å². The van der Waals surface area contributed by atoms with Crippen molar-refractivity contribution in [2.45, 2.75) is 26.6 Å². The third kappa shape index (κ3) is 5.30. The fourth-order valence-electron chi connectivity index (χ4n) is 3.84. The number of amides is 1. The van der Waals surface area contributed by atoms with Crippen molar-refractivity contribution < 1.29 is 18.0 Å². The van der Waals surface area contributed by atoms with E-state index in [-0.39, 0.29) is 11.3 Å². The second kappa shape index (κ2) is 9.57. The van der Waals surface area contributed by atoms with Crippen molar-refractivity contribution in [2.75, 3.05) is 19.4 Å². The summed E-state index contributed by atoms with van der Waals surface area (Å²) < 4.78 is 43.6. The van der Waals surface area contributed by atoms with E-state index in [4.69, 9.17) is 0 Å². The molecule has 1 N–H and O–H groups in total. The van der Waals surface area contributed by atoms with Gasteiger partial charge in [-0.15, -0.1) is 5.10 Å². The van der Waals surface area contributed by atoms with Gasteiger partial charge in [0.25, 0.3) is 5.91 Å². The van der Waals surface area contributed by atoms with Gasteiger partial charge in [-0.2, -0.15) is 18.3 Å². The lowest BCUT2D eigenvalue weighted by Crippen LogP contribution is -2.16. The number of rotatable bonds is 6. The fraction of sp³-hybridized carbons (Fsp3) is 0.280. The summed E-state index contributed by atoms with van der Waals surface area (Å²) in [6.07, 6.45) is -1.08. The summed E-state index contributed by atoms with van der Waals surface area (Å²) in [5.74, 6) is -0.533. The molecule has 188 valence electrons. The Bertz CT molecular complexity index is 1420. The molecule has 4 rings (SSSR count). The summed E-state index contributed by atoms with van der Waals surface area (Å²) in [4.78, 5) is 14.8. The quantitative estimate of drug-likeness (QED) is 0.421. The van der Waals surface area contributed by atoms with Crippen molar-refractivity contribution in [3.8, 4) is 16.9 Å². The molecule has 0 aliphatic heterocycles. The average Bonchev–Trinajstić information content (AvgIpc) is 3.39. The van der Waals surface area contributed by atoms with E-state index in [2.05, 4.69) is 20.7 Å². The first kappa shape index (κ1) is 25.1. The molecule has 2 aromatic carbocycles. The number of hydrogen-bond acceptors (Lipinski definition) is 5. The van der Waals surface area contributed by atoms with Crippen molar-refractivity contribution in [3.05, 3.63) is 76.7 Å². The van der Waals surface area contributed by atoms with E-state index < -0.39 is 17.6 Å². The molecule has 11 heteroatoms. The molecule has 0 saturated carbocycles. The monoisotopic (exact) mass is 497 g/mol. The first-order chi connectivity index (χ1) is 16.9. The molecule has 0 spiro atoms. The van der Waals surface area contributed by atoms with E-state index in [0.29, 0.717) is 23.5 Å². The predicted octanol–water partition coefficient (Wildman–Crippen LogP) is 4.62. The van der Waals surface area contributed by atoms with Gasteiger partial charge in [0.05, 0.1) is 23.6 Å². The molecule has 0 aliphatic carbocycles. The molecule has 0 bridgehead atoms. The van der Waals surface area contributed by atoms with Crippen LogP contribution in [0.1, 0.15) is 32.7 Å². The highest BCUT2D eigenvalue weighted by Crippen LogP contribution is 2.32. The van der Waals surface area contributed by atoms with E-state index in [1.807, 2.05) is 20.9 Å². The van der Waals surface area contributed by atoms with Gasteiger partial charge < -0.3 is 10.2 Å². The van der Waals surface area contributed by atoms with Crippen molar-refractivity contribution >= 4 is 11.6 Å². The topological polar surface area (TPSA) is 80.9 Å². The maximum Gasteiger partial charge on any atom is 0.416 e. The van der Waals surface area contributed by atoms with Gasteiger partial charge in [-0.1, -0.05) is 11.3 Å². The maximum absolute atomic E-state index is 13.4. The highest BCUT2D eigenvalue weighted by atomic mass is 19.4.